The van der Waals surface area contributed by atoms with Gasteiger partial charge in [-0.15, -0.1) is 0 Å². The van der Waals surface area contributed by atoms with Crippen LogP contribution in [-0.4, -0.2) is 0 Å². The molecule has 9 aliphatic carbocycles. The van der Waals surface area contributed by atoms with Crippen LogP contribution in [0.5, 0.6) is 0 Å². The van der Waals surface area contributed by atoms with Crippen molar-refractivity contribution in [2.75, 3.05) is 0 Å². The summed E-state index contributed by atoms with van der Waals surface area (Å²) in [7, 11) is 0. The molecule has 0 N–H and O–H groups in total. The zero-order valence-electron chi connectivity index (χ0n) is 43.2. The van der Waals surface area contributed by atoms with Crippen molar-refractivity contribution in [1.29, 1.82) is 0 Å². The van der Waals surface area contributed by atoms with Gasteiger partial charge in [0.15, 0.2) is 0 Å². The Bertz CT molecular complexity index is 891. The summed E-state index contributed by atoms with van der Waals surface area (Å²) in [6.07, 6.45) is 37.7. The summed E-state index contributed by atoms with van der Waals surface area (Å²) in [6, 6.07) is 0. The molecule has 0 bridgehead atoms. The lowest BCUT2D eigenvalue weighted by Crippen LogP contribution is -2.45. The number of rotatable bonds is 0. The molecule has 0 aromatic carbocycles. The van der Waals surface area contributed by atoms with Crippen molar-refractivity contribution >= 4 is 0 Å². The zero-order chi connectivity index (χ0) is 43.4. The molecule has 0 heteroatoms. The Kier molecular flexibility index (Phi) is 34.2. The fourth-order valence-corrected chi connectivity index (χ4v) is 11.9. The van der Waals surface area contributed by atoms with Crippen LogP contribution >= 0.6 is 0 Å². The van der Waals surface area contributed by atoms with Gasteiger partial charge in [0.05, 0.1) is 0 Å². The predicted octanol–water partition coefficient (Wildman–Crippen LogP) is 21.8. The van der Waals surface area contributed by atoms with Gasteiger partial charge in [-0.1, -0.05) is 228 Å². The van der Waals surface area contributed by atoms with Gasteiger partial charge < -0.3 is 0 Å². The van der Waals surface area contributed by atoms with Gasteiger partial charge in [0.25, 0.3) is 0 Å². The van der Waals surface area contributed by atoms with Gasteiger partial charge in [-0.05, 0) is 165 Å². The molecule has 9 rings (SSSR count). The average molecular weight is 858 g/mol. The fraction of sp³-hybridized carbons (Fsp3) is 0.967. The maximum absolute atomic E-state index is 2.38. The minimum absolute atomic E-state index is 0. The van der Waals surface area contributed by atoms with Crippen LogP contribution in [0.2, 0.25) is 0 Å². The molecule has 1 spiro atoms. The minimum Gasteiger partial charge on any atom is -0.0853 e. The Hall–Kier alpha value is -0.260. The van der Waals surface area contributed by atoms with Crippen LogP contribution in [0.3, 0.4) is 0 Å². The molecule has 0 saturated heterocycles. The Morgan fingerprint density at radius 3 is 0.639 bits per heavy atom. The van der Waals surface area contributed by atoms with Gasteiger partial charge in [-0.25, -0.2) is 0 Å². The zero-order valence-corrected chi connectivity index (χ0v) is 43.2. The van der Waals surface area contributed by atoms with E-state index in [9.17, 15) is 0 Å². The lowest BCUT2D eigenvalue weighted by molar-refractivity contribution is -0.0549. The van der Waals surface area contributed by atoms with E-state index in [1.165, 1.54) is 154 Å². The minimum atomic E-state index is 0. The first kappa shape index (κ1) is 62.8. The van der Waals surface area contributed by atoms with Crippen molar-refractivity contribution in [3.8, 4) is 0 Å². The molecular weight excluding hydrogens is 733 g/mol. The van der Waals surface area contributed by atoms with Crippen molar-refractivity contribution < 1.29 is 0 Å². The van der Waals surface area contributed by atoms with E-state index in [0.717, 1.165) is 94.2 Å². The molecule has 0 aromatic rings. The molecule has 0 heterocycles. The smallest absolute Gasteiger partial charge is 0.0287 e. The van der Waals surface area contributed by atoms with Crippen molar-refractivity contribution in [3.05, 3.63) is 11.6 Å². The van der Waals surface area contributed by atoms with Gasteiger partial charge >= 0.3 is 0 Å². The van der Waals surface area contributed by atoms with Gasteiger partial charge in [0, 0.05) is 0 Å². The van der Waals surface area contributed by atoms with Crippen LogP contribution in [0, 0.1) is 94.2 Å². The lowest BCUT2D eigenvalue weighted by atomic mass is 9.49. The Balaban J connectivity index is 0. The standard InChI is InChI=1S/C9H16.3C8H16.C7H14.C7H12.C6H12.C5H10.3CH4/c1-7-3-9(4-7)5-8(2)6-9;3*1-7-3-5-8(2)6-4-7;2*1-6-3-4-7(2)5-6;1-5-3-6(2)4-5;1-4-3-5(4)2;;;/h7-8H,3-6H2,1-2H3;3*7-8H,3-6H2,1-2H3;6-7H,3-5H2,1-2H3;3,7H,4-5H2,1-2H3;5-6H,3-4H2,1-2H3;4-5H,3H2,1-2H3;3*1H4. The van der Waals surface area contributed by atoms with Crippen molar-refractivity contribution in [1.82, 2.24) is 0 Å². The second-order valence-electron chi connectivity index (χ2n) is 25.1. The first-order chi connectivity index (χ1) is 27.2. The van der Waals surface area contributed by atoms with Gasteiger partial charge in [-0.3, -0.25) is 0 Å². The van der Waals surface area contributed by atoms with E-state index in [4.69, 9.17) is 0 Å². The number of hydrogen-bond acceptors (Lipinski definition) is 0. The molecule has 8 fully saturated rings. The largest absolute Gasteiger partial charge is 0.0853 e. The van der Waals surface area contributed by atoms with E-state index < -0.39 is 0 Å². The normalized spacial score (nSPS) is 40.8. The van der Waals surface area contributed by atoms with Crippen molar-refractivity contribution in [3.63, 3.8) is 0 Å². The summed E-state index contributed by atoms with van der Waals surface area (Å²) in [4.78, 5) is 0. The molecule has 9 aliphatic rings. The summed E-state index contributed by atoms with van der Waals surface area (Å²) < 4.78 is 0. The van der Waals surface area contributed by atoms with E-state index in [2.05, 4.69) is 117 Å². The molecule has 5 unspecified atom stereocenters. The summed E-state index contributed by atoms with van der Waals surface area (Å²) in [5.41, 5.74) is 2.46. The van der Waals surface area contributed by atoms with E-state index in [0.29, 0.717) is 0 Å². The third-order valence-electron chi connectivity index (χ3n) is 16.7. The van der Waals surface area contributed by atoms with Gasteiger partial charge in [-0.2, -0.15) is 0 Å². The summed E-state index contributed by atoms with van der Waals surface area (Å²) >= 11 is 0. The summed E-state index contributed by atoms with van der Waals surface area (Å²) in [5.74, 6) is 15.4. The molecule has 0 radical (unpaired) electrons. The highest BCUT2D eigenvalue weighted by atomic mass is 14.5. The second-order valence-corrected chi connectivity index (χ2v) is 25.1. The molecule has 368 valence electrons. The molecule has 61 heavy (non-hydrogen) atoms. The average Bonchev–Trinajstić information content (AvgIpc) is 3.41. The Morgan fingerprint density at radius 1 is 0.311 bits per heavy atom. The lowest BCUT2D eigenvalue weighted by Gasteiger charge is -2.56. The molecule has 8 saturated carbocycles. The van der Waals surface area contributed by atoms with Crippen LogP contribution < -0.4 is 0 Å². The summed E-state index contributed by atoms with van der Waals surface area (Å²) in [5, 5.41) is 0. The van der Waals surface area contributed by atoms with Crippen LogP contribution in [0.15, 0.2) is 11.6 Å². The van der Waals surface area contributed by atoms with E-state index in [-0.39, 0.29) is 22.3 Å². The second kappa shape index (κ2) is 33.2. The first-order valence-electron chi connectivity index (χ1n) is 26.9. The van der Waals surface area contributed by atoms with Crippen LogP contribution in [-0.2, 0) is 0 Å². The molecule has 0 amide bonds. The molecular formula is C61H124. The highest BCUT2D eigenvalue weighted by Gasteiger charge is 2.49. The quantitative estimate of drug-likeness (QED) is 0.213. The highest BCUT2D eigenvalue weighted by molar-refractivity contribution is 5.05. The monoisotopic (exact) mass is 857 g/mol. The van der Waals surface area contributed by atoms with Gasteiger partial charge in [0.2, 0.25) is 0 Å². The highest BCUT2D eigenvalue weighted by Crippen LogP contribution is 2.60. The molecule has 0 aromatic heterocycles. The fourth-order valence-electron chi connectivity index (χ4n) is 11.9. The number of hydrogen-bond donors (Lipinski definition) is 0. The maximum atomic E-state index is 2.38. The Morgan fingerprint density at radius 2 is 0.541 bits per heavy atom. The van der Waals surface area contributed by atoms with Crippen molar-refractivity contribution in [2.24, 2.45) is 94.2 Å². The van der Waals surface area contributed by atoms with Gasteiger partial charge in [0.1, 0.15) is 0 Å². The van der Waals surface area contributed by atoms with E-state index in [1.54, 1.807) is 5.57 Å². The topological polar surface area (TPSA) is 0 Å². The van der Waals surface area contributed by atoms with E-state index >= 15 is 0 Å². The third-order valence-corrected chi connectivity index (χ3v) is 16.7. The number of allylic oxidation sites excluding steroid dienone is 2. The maximum Gasteiger partial charge on any atom is -0.0287 e. The Labute approximate surface area is 391 Å². The molecule has 5 atom stereocenters. The van der Waals surface area contributed by atoms with Crippen LogP contribution in [0.1, 0.15) is 287 Å². The van der Waals surface area contributed by atoms with Crippen LogP contribution in [0.25, 0.3) is 0 Å². The molecule has 0 aliphatic heterocycles. The van der Waals surface area contributed by atoms with Crippen LogP contribution in [0.4, 0.5) is 0 Å². The third kappa shape index (κ3) is 29.8. The first-order valence-corrected chi connectivity index (χ1v) is 26.9. The predicted molar refractivity (Wildman–Crippen MR) is 285 cm³/mol. The SMILES string of the molecule is C.C.C.CC1=CCC(C)C1.CC1CC(C)C1.CC1CC1C.CC1CC2(C1)CC(C)C2.CC1CCC(C)C1.CC1CCC(C)CC1.CC1CCC(C)CC1.CC1CCC(C)CC1. The van der Waals surface area contributed by atoms with E-state index in [1.807, 2.05) is 0 Å². The molecule has 0 nitrogen and oxygen atoms in total. The summed E-state index contributed by atoms with van der Waals surface area (Å²) in [6.45, 7) is 37.4. The van der Waals surface area contributed by atoms with Crippen molar-refractivity contribution in [2.45, 2.75) is 287 Å².